The van der Waals surface area contributed by atoms with Gasteiger partial charge < -0.3 is 24.8 Å². The Morgan fingerprint density at radius 3 is 2.36 bits per heavy atom. The number of nitrogens with one attached hydrogen (secondary N) is 2. The highest BCUT2D eigenvalue weighted by Gasteiger charge is 2.31. The number of hydrogen-bond acceptors (Lipinski definition) is 7. The van der Waals surface area contributed by atoms with Crippen molar-refractivity contribution < 1.29 is 36.6 Å². The van der Waals surface area contributed by atoms with E-state index in [9.17, 15) is 22.4 Å². The molecule has 0 radical (unpaired) electrons. The summed E-state index contributed by atoms with van der Waals surface area (Å²) in [6.45, 7) is 6.63. The molecule has 0 atom stereocenters. The van der Waals surface area contributed by atoms with Gasteiger partial charge in [-0.2, -0.15) is 0 Å². The number of hydrogen-bond donors (Lipinski definition) is 2. The molecule has 1 heterocycles. The van der Waals surface area contributed by atoms with Crippen LogP contribution in [0.2, 0.25) is 5.02 Å². The second kappa shape index (κ2) is 15.9. The Morgan fingerprint density at radius 2 is 1.79 bits per heavy atom. The number of amides is 2. The number of rotatable bonds is 6. The lowest BCUT2D eigenvalue weighted by Crippen LogP contribution is -2.38. The largest absolute Gasteiger partial charge is 0.489 e. The number of carbonyl (C=O) groups is 2. The molecule has 0 aliphatic carbocycles. The van der Waals surface area contributed by atoms with E-state index in [1.54, 1.807) is 19.2 Å². The molecule has 0 bridgehead atoms. The van der Waals surface area contributed by atoms with Gasteiger partial charge in [-0.15, -0.1) is 0 Å². The van der Waals surface area contributed by atoms with Crippen LogP contribution in [0.15, 0.2) is 71.6 Å². The topological polar surface area (TPSA) is 123 Å². The first kappa shape index (κ1) is 34.3. The van der Waals surface area contributed by atoms with Gasteiger partial charge in [0.05, 0.1) is 27.8 Å². The Bertz CT molecular complexity index is 1430. The molecule has 0 saturated heterocycles. The number of ether oxygens (including phenoxy) is 3. The highest BCUT2D eigenvalue weighted by molar-refractivity contribution is 7.92. The molecule has 0 aromatic heterocycles. The monoisotopic (exact) mass is 623 g/mol. The lowest BCUT2D eigenvalue weighted by Gasteiger charge is -2.30. The summed E-state index contributed by atoms with van der Waals surface area (Å²) in [5, 5.41) is 4.55. The third-order valence-corrected chi connectivity index (χ3v) is 7.61. The quantitative estimate of drug-likeness (QED) is 0.342. The molecular formula is C29H35ClFN3O7S. The molecule has 0 spiro atoms. The average Bonchev–Trinajstić information content (AvgIpc) is 2.98. The SMILES string of the molecule is CNC(=O)OCc1ccccc1.COC(C)(C)C.O=CNc1ccc2c(c1)N(S(=O)(=O)c1ccc(F)c(Cl)c1)CCO2. The predicted octanol–water partition coefficient (Wildman–Crippen LogP) is 5.61. The van der Waals surface area contributed by atoms with Crippen LogP contribution in [0.3, 0.4) is 0 Å². The van der Waals surface area contributed by atoms with Crippen molar-refractivity contribution in [3.63, 3.8) is 0 Å². The molecule has 2 amide bonds. The molecule has 0 fully saturated rings. The van der Waals surface area contributed by atoms with E-state index < -0.39 is 21.9 Å². The van der Waals surface area contributed by atoms with Crippen LogP contribution in [0.5, 0.6) is 5.75 Å². The molecule has 1 aliphatic rings. The number of sulfonamides is 1. The van der Waals surface area contributed by atoms with Gasteiger partial charge in [0.25, 0.3) is 10.0 Å². The highest BCUT2D eigenvalue weighted by atomic mass is 35.5. The number of alkyl carbamates (subject to hydrolysis) is 1. The standard InChI is InChI=1S/C15H12ClFN2O4S.C9H11NO2.C5H12O/c16-12-8-11(2-3-13(12)17)24(21,22)19-5-6-23-15-4-1-10(18-9-20)7-14(15)19;1-10-9(11)12-7-8-5-3-2-4-6-8;1-5(2,3)6-4/h1-4,7-9H,5-6H2,(H,18,20);2-6H,7H2,1H3,(H,10,11);1-4H3. The van der Waals surface area contributed by atoms with E-state index in [-0.39, 0.29) is 34.4 Å². The molecule has 42 heavy (non-hydrogen) atoms. The summed E-state index contributed by atoms with van der Waals surface area (Å²) < 4.78 is 55.4. The molecule has 228 valence electrons. The maximum Gasteiger partial charge on any atom is 0.407 e. The molecule has 1 aliphatic heterocycles. The fourth-order valence-corrected chi connectivity index (χ4v) is 4.88. The van der Waals surface area contributed by atoms with Crippen LogP contribution < -0.4 is 19.7 Å². The van der Waals surface area contributed by atoms with E-state index in [2.05, 4.69) is 10.6 Å². The zero-order valence-corrected chi connectivity index (χ0v) is 25.6. The first-order valence-corrected chi connectivity index (χ1v) is 14.5. The van der Waals surface area contributed by atoms with Crippen LogP contribution in [0.4, 0.5) is 20.6 Å². The molecule has 3 aromatic rings. The van der Waals surface area contributed by atoms with Gasteiger partial charge in [-0.1, -0.05) is 41.9 Å². The number of anilines is 2. The van der Waals surface area contributed by atoms with E-state index in [0.29, 0.717) is 24.5 Å². The second-order valence-corrected chi connectivity index (χ2v) is 11.8. The highest BCUT2D eigenvalue weighted by Crippen LogP contribution is 2.37. The summed E-state index contributed by atoms with van der Waals surface area (Å²) in [5.41, 5.74) is 1.74. The molecule has 4 rings (SSSR count). The molecule has 10 nitrogen and oxygen atoms in total. The van der Waals surface area contributed by atoms with Crippen molar-refractivity contribution in [2.45, 2.75) is 37.9 Å². The van der Waals surface area contributed by atoms with E-state index in [1.807, 2.05) is 51.1 Å². The minimum Gasteiger partial charge on any atom is -0.489 e. The minimum absolute atomic E-state index is 0.0417. The molecule has 13 heteroatoms. The fourth-order valence-electron chi connectivity index (χ4n) is 3.16. The Morgan fingerprint density at radius 1 is 1.12 bits per heavy atom. The molecule has 2 N–H and O–H groups in total. The van der Waals surface area contributed by atoms with Gasteiger partial charge in [-0.05, 0) is 62.7 Å². The molecule has 0 saturated carbocycles. The Kier molecular flexibility index (Phi) is 13.0. The normalized spacial score (nSPS) is 12.2. The van der Waals surface area contributed by atoms with Gasteiger partial charge in [0.1, 0.15) is 24.8 Å². The van der Waals surface area contributed by atoms with E-state index in [4.69, 9.17) is 25.8 Å². The maximum absolute atomic E-state index is 13.3. The fraction of sp³-hybridized carbons (Fsp3) is 0.310. The van der Waals surface area contributed by atoms with Gasteiger partial charge in [-0.25, -0.2) is 17.6 Å². The first-order chi connectivity index (χ1) is 19.8. The maximum atomic E-state index is 13.3. The zero-order valence-electron chi connectivity index (χ0n) is 24.0. The number of nitrogens with zero attached hydrogens (tertiary/aromatic N) is 1. The van der Waals surface area contributed by atoms with Crippen LogP contribution in [-0.2, 0) is 30.9 Å². The molecule has 0 unspecified atom stereocenters. The predicted molar refractivity (Wildman–Crippen MR) is 160 cm³/mol. The Balaban J connectivity index is 0.000000284. The average molecular weight is 624 g/mol. The van der Waals surface area contributed by atoms with Crippen molar-refractivity contribution in [3.8, 4) is 5.75 Å². The van der Waals surface area contributed by atoms with Crippen molar-refractivity contribution in [3.05, 3.63) is 83.1 Å². The van der Waals surface area contributed by atoms with Crippen molar-refractivity contribution in [2.24, 2.45) is 0 Å². The number of methoxy groups -OCH3 is 1. The van der Waals surface area contributed by atoms with E-state index in [0.717, 1.165) is 28.1 Å². The minimum atomic E-state index is -3.96. The van der Waals surface area contributed by atoms with Gasteiger partial charge in [-0.3, -0.25) is 9.10 Å². The Labute approximate surface area is 250 Å². The van der Waals surface area contributed by atoms with Crippen molar-refractivity contribution >= 4 is 45.5 Å². The van der Waals surface area contributed by atoms with Crippen molar-refractivity contribution in [1.29, 1.82) is 0 Å². The third-order valence-electron chi connectivity index (χ3n) is 5.51. The van der Waals surface area contributed by atoms with Crippen LogP contribution in [-0.4, -0.2) is 53.8 Å². The van der Waals surface area contributed by atoms with Gasteiger partial charge in [0.15, 0.2) is 0 Å². The lowest BCUT2D eigenvalue weighted by atomic mass is 10.2. The summed E-state index contributed by atoms with van der Waals surface area (Å²) in [6.07, 6.45) is 0.0862. The van der Waals surface area contributed by atoms with Gasteiger partial charge in [0, 0.05) is 19.8 Å². The summed E-state index contributed by atoms with van der Waals surface area (Å²) in [4.78, 5) is 21.1. The number of benzene rings is 3. The molecule has 3 aromatic carbocycles. The van der Waals surface area contributed by atoms with Crippen LogP contribution in [0, 0.1) is 5.82 Å². The van der Waals surface area contributed by atoms with Gasteiger partial charge >= 0.3 is 6.09 Å². The van der Waals surface area contributed by atoms with Crippen LogP contribution in [0.25, 0.3) is 0 Å². The first-order valence-electron chi connectivity index (χ1n) is 12.7. The number of halogens is 2. The van der Waals surface area contributed by atoms with Gasteiger partial charge in [0.2, 0.25) is 6.41 Å². The summed E-state index contributed by atoms with van der Waals surface area (Å²) in [6, 6.07) is 17.4. The number of carbonyl (C=O) groups excluding carboxylic acids is 2. The van der Waals surface area contributed by atoms with Crippen LogP contribution >= 0.6 is 11.6 Å². The second-order valence-electron chi connectivity index (χ2n) is 9.57. The van der Waals surface area contributed by atoms with E-state index >= 15 is 0 Å². The molecular weight excluding hydrogens is 589 g/mol. The smallest absolute Gasteiger partial charge is 0.407 e. The van der Waals surface area contributed by atoms with E-state index in [1.165, 1.54) is 13.1 Å². The summed E-state index contributed by atoms with van der Waals surface area (Å²) in [7, 11) is -0.717. The van der Waals surface area contributed by atoms with Crippen molar-refractivity contribution in [1.82, 2.24) is 5.32 Å². The summed E-state index contributed by atoms with van der Waals surface area (Å²) in [5.74, 6) is -0.329. The third kappa shape index (κ3) is 10.5. The number of fused-ring (bicyclic) bond motifs is 1. The lowest BCUT2D eigenvalue weighted by molar-refractivity contribution is -0.105. The van der Waals surface area contributed by atoms with Crippen molar-refractivity contribution in [2.75, 3.05) is 36.9 Å². The summed E-state index contributed by atoms with van der Waals surface area (Å²) >= 11 is 5.69. The Hall–Kier alpha value is -3.87. The zero-order chi connectivity index (χ0) is 31.3. The van der Waals surface area contributed by atoms with Crippen LogP contribution in [0.1, 0.15) is 26.3 Å².